The molecule has 0 aromatic carbocycles. The molecule has 0 spiro atoms. The van der Waals surface area contributed by atoms with Gasteiger partial charge in [-0.05, 0) is 39.3 Å². The van der Waals surface area contributed by atoms with E-state index in [1.54, 1.807) is 0 Å². The Labute approximate surface area is 96.8 Å². The zero-order valence-electron chi connectivity index (χ0n) is 9.97. The summed E-state index contributed by atoms with van der Waals surface area (Å²) in [5.41, 5.74) is 2.08. The van der Waals surface area contributed by atoms with E-state index in [1.165, 1.54) is 0 Å². The lowest BCUT2D eigenvalue weighted by atomic mass is 10.0. The number of aromatic nitrogens is 2. The maximum Gasteiger partial charge on any atom is 0.0847 e. The van der Waals surface area contributed by atoms with Gasteiger partial charge in [-0.2, -0.15) is 5.10 Å². The van der Waals surface area contributed by atoms with Crippen molar-refractivity contribution >= 4 is 11.6 Å². The van der Waals surface area contributed by atoms with E-state index in [4.69, 9.17) is 11.6 Å². The summed E-state index contributed by atoms with van der Waals surface area (Å²) in [6.07, 6.45) is 2.16. The Morgan fingerprint density at radius 2 is 2.20 bits per heavy atom. The molecule has 0 amide bonds. The van der Waals surface area contributed by atoms with Crippen LogP contribution in [0.5, 0.6) is 0 Å². The summed E-state index contributed by atoms with van der Waals surface area (Å²) < 4.78 is 1.90. The second kappa shape index (κ2) is 5.52. The third-order valence-electron chi connectivity index (χ3n) is 2.69. The molecule has 1 aromatic heterocycles. The average Bonchev–Trinajstić information content (AvgIpc) is 2.42. The second-order valence-electron chi connectivity index (χ2n) is 4.17. The van der Waals surface area contributed by atoms with Gasteiger partial charge in [-0.25, -0.2) is 0 Å². The molecule has 3 nitrogen and oxygen atoms in total. The standard InChI is InChI=1S/C11H20ClN3/c1-8(5-6-13-3)7-10-11(12)9(2)14-15(10)4/h8,13H,5-7H2,1-4H3. The molecular formula is C11H20ClN3. The van der Waals surface area contributed by atoms with Gasteiger partial charge in [0.05, 0.1) is 16.4 Å². The van der Waals surface area contributed by atoms with Crippen LogP contribution in [0, 0.1) is 12.8 Å². The van der Waals surface area contributed by atoms with Gasteiger partial charge < -0.3 is 5.32 Å². The lowest BCUT2D eigenvalue weighted by Gasteiger charge is -2.11. The van der Waals surface area contributed by atoms with E-state index in [0.29, 0.717) is 5.92 Å². The summed E-state index contributed by atoms with van der Waals surface area (Å²) in [5, 5.41) is 8.30. The van der Waals surface area contributed by atoms with E-state index >= 15 is 0 Å². The number of aryl methyl sites for hydroxylation is 2. The molecule has 0 fully saturated rings. The van der Waals surface area contributed by atoms with Crippen LogP contribution in [0.2, 0.25) is 5.02 Å². The first-order chi connectivity index (χ1) is 7.06. The van der Waals surface area contributed by atoms with Crippen LogP contribution in [-0.2, 0) is 13.5 Å². The molecule has 15 heavy (non-hydrogen) atoms. The molecule has 0 aliphatic rings. The van der Waals surface area contributed by atoms with Gasteiger partial charge in [-0.1, -0.05) is 18.5 Å². The van der Waals surface area contributed by atoms with Crippen molar-refractivity contribution < 1.29 is 0 Å². The van der Waals surface area contributed by atoms with Gasteiger partial charge in [-0.3, -0.25) is 4.68 Å². The third kappa shape index (κ3) is 3.21. The number of rotatable bonds is 5. The summed E-state index contributed by atoms with van der Waals surface area (Å²) in [6, 6.07) is 0. The average molecular weight is 230 g/mol. The largest absolute Gasteiger partial charge is 0.320 e. The zero-order valence-corrected chi connectivity index (χ0v) is 10.7. The molecule has 0 bridgehead atoms. The Bertz CT molecular complexity index is 320. The highest BCUT2D eigenvalue weighted by Gasteiger charge is 2.13. The second-order valence-corrected chi connectivity index (χ2v) is 4.55. The van der Waals surface area contributed by atoms with Gasteiger partial charge in [0, 0.05) is 7.05 Å². The van der Waals surface area contributed by atoms with E-state index in [2.05, 4.69) is 17.3 Å². The number of hydrogen-bond donors (Lipinski definition) is 1. The molecule has 86 valence electrons. The van der Waals surface area contributed by atoms with Gasteiger partial charge in [0.1, 0.15) is 0 Å². The van der Waals surface area contributed by atoms with Crippen molar-refractivity contribution in [3.63, 3.8) is 0 Å². The first kappa shape index (κ1) is 12.5. The smallest absolute Gasteiger partial charge is 0.0847 e. The topological polar surface area (TPSA) is 29.9 Å². The maximum absolute atomic E-state index is 6.19. The Balaban J connectivity index is 2.63. The van der Waals surface area contributed by atoms with Crippen LogP contribution in [0.25, 0.3) is 0 Å². The van der Waals surface area contributed by atoms with E-state index in [9.17, 15) is 0 Å². The van der Waals surface area contributed by atoms with Crippen LogP contribution in [-0.4, -0.2) is 23.4 Å². The molecule has 1 atom stereocenters. The van der Waals surface area contributed by atoms with Crippen molar-refractivity contribution in [3.05, 3.63) is 16.4 Å². The van der Waals surface area contributed by atoms with Crippen LogP contribution in [0.1, 0.15) is 24.7 Å². The Morgan fingerprint density at radius 3 is 2.67 bits per heavy atom. The van der Waals surface area contributed by atoms with Crippen molar-refractivity contribution in [3.8, 4) is 0 Å². The fraction of sp³-hybridized carbons (Fsp3) is 0.727. The Kier molecular flexibility index (Phi) is 4.61. The van der Waals surface area contributed by atoms with Crippen LogP contribution in [0.4, 0.5) is 0 Å². The summed E-state index contributed by atoms with van der Waals surface area (Å²) in [5.74, 6) is 0.629. The van der Waals surface area contributed by atoms with Crippen LogP contribution in [0.3, 0.4) is 0 Å². The van der Waals surface area contributed by atoms with Crippen molar-refractivity contribution in [2.24, 2.45) is 13.0 Å². The molecule has 0 radical (unpaired) electrons. The van der Waals surface area contributed by atoms with Gasteiger partial charge in [0.15, 0.2) is 0 Å². The van der Waals surface area contributed by atoms with E-state index in [1.807, 2.05) is 25.7 Å². The molecular weight excluding hydrogens is 210 g/mol. The lowest BCUT2D eigenvalue weighted by Crippen LogP contribution is -2.14. The van der Waals surface area contributed by atoms with E-state index in [0.717, 1.165) is 35.8 Å². The molecule has 0 aliphatic heterocycles. The predicted molar refractivity (Wildman–Crippen MR) is 64.4 cm³/mol. The molecule has 1 heterocycles. The number of hydrogen-bond acceptors (Lipinski definition) is 2. The summed E-state index contributed by atoms with van der Waals surface area (Å²) in [7, 11) is 3.94. The van der Waals surface area contributed by atoms with Crippen molar-refractivity contribution in [2.75, 3.05) is 13.6 Å². The first-order valence-corrected chi connectivity index (χ1v) is 5.76. The molecule has 1 rings (SSSR count). The summed E-state index contributed by atoms with van der Waals surface area (Å²) in [4.78, 5) is 0. The van der Waals surface area contributed by atoms with Crippen molar-refractivity contribution in [2.45, 2.75) is 26.7 Å². The molecule has 0 saturated carbocycles. The fourth-order valence-corrected chi connectivity index (χ4v) is 1.96. The third-order valence-corrected chi connectivity index (χ3v) is 3.18. The van der Waals surface area contributed by atoms with Crippen molar-refractivity contribution in [1.82, 2.24) is 15.1 Å². The lowest BCUT2D eigenvalue weighted by molar-refractivity contribution is 0.497. The molecule has 4 heteroatoms. The van der Waals surface area contributed by atoms with Crippen LogP contribution in [0.15, 0.2) is 0 Å². The number of nitrogens with one attached hydrogen (secondary N) is 1. The SMILES string of the molecule is CNCCC(C)Cc1c(Cl)c(C)nn1C. The molecule has 0 saturated heterocycles. The molecule has 1 unspecified atom stereocenters. The fourth-order valence-electron chi connectivity index (χ4n) is 1.72. The maximum atomic E-state index is 6.19. The number of halogens is 1. The Hall–Kier alpha value is -0.540. The quantitative estimate of drug-likeness (QED) is 0.839. The van der Waals surface area contributed by atoms with Gasteiger partial charge in [0.2, 0.25) is 0 Å². The van der Waals surface area contributed by atoms with Gasteiger partial charge >= 0.3 is 0 Å². The molecule has 0 aliphatic carbocycles. The van der Waals surface area contributed by atoms with Crippen LogP contribution >= 0.6 is 11.6 Å². The highest BCUT2D eigenvalue weighted by atomic mass is 35.5. The molecule has 1 aromatic rings. The normalized spacial score (nSPS) is 13.1. The zero-order chi connectivity index (χ0) is 11.4. The van der Waals surface area contributed by atoms with Gasteiger partial charge in [-0.15, -0.1) is 0 Å². The van der Waals surface area contributed by atoms with E-state index < -0.39 is 0 Å². The Morgan fingerprint density at radius 1 is 1.53 bits per heavy atom. The minimum Gasteiger partial charge on any atom is -0.320 e. The van der Waals surface area contributed by atoms with Crippen molar-refractivity contribution in [1.29, 1.82) is 0 Å². The molecule has 1 N–H and O–H groups in total. The minimum absolute atomic E-state index is 0.629. The summed E-state index contributed by atoms with van der Waals surface area (Å²) in [6.45, 7) is 5.25. The summed E-state index contributed by atoms with van der Waals surface area (Å²) >= 11 is 6.19. The minimum atomic E-state index is 0.629. The first-order valence-electron chi connectivity index (χ1n) is 5.38. The highest BCUT2D eigenvalue weighted by molar-refractivity contribution is 6.31. The number of nitrogens with zero attached hydrogens (tertiary/aromatic N) is 2. The highest BCUT2D eigenvalue weighted by Crippen LogP contribution is 2.22. The van der Waals surface area contributed by atoms with E-state index in [-0.39, 0.29) is 0 Å². The predicted octanol–water partition coefficient (Wildman–Crippen LogP) is 2.17. The van der Waals surface area contributed by atoms with Gasteiger partial charge in [0.25, 0.3) is 0 Å². The monoisotopic (exact) mass is 229 g/mol. The van der Waals surface area contributed by atoms with Crippen LogP contribution < -0.4 is 5.32 Å².